The summed E-state index contributed by atoms with van der Waals surface area (Å²) in [6.45, 7) is -0.0339. The van der Waals surface area contributed by atoms with Crippen molar-refractivity contribution in [2.45, 2.75) is 0 Å². The second-order valence-corrected chi connectivity index (χ2v) is 16.4. The lowest BCUT2D eigenvalue weighted by Gasteiger charge is -2.44. The summed E-state index contributed by atoms with van der Waals surface area (Å²) in [5, 5.41) is 2.41. The molecule has 9 aromatic carbocycles. The van der Waals surface area contributed by atoms with Crippen molar-refractivity contribution in [1.82, 2.24) is 4.57 Å². The van der Waals surface area contributed by atoms with Gasteiger partial charge in [0.2, 0.25) is 0 Å². The van der Waals surface area contributed by atoms with E-state index in [2.05, 4.69) is 257 Å². The predicted molar refractivity (Wildman–Crippen MR) is 264 cm³/mol. The second kappa shape index (κ2) is 14.4. The van der Waals surface area contributed by atoms with Gasteiger partial charge in [0.15, 0.2) is 0 Å². The van der Waals surface area contributed by atoms with Crippen LogP contribution in [0.15, 0.2) is 218 Å². The van der Waals surface area contributed by atoms with E-state index in [9.17, 15) is 0 Å². The molecular formula is C56H42BN5. The quantitative estimate of drug-likeness (QED) is 0.149. The molecule has 0 fully saturated rings. The van der Waals surface area contributed by atoms with E-state index in [1.807, 2.05) is 0 Å². The van der Waals surface area contributed by atoms with Gasteiger partial charge >= 0.3 is 0 Å². The van der Waals surface area contributed by atoms with Crippen LogP contribution in [0.1, 0.15) is 0 Å². The van der Waals surface area contributed by atoms with Crippen LogP contribution >= 0.6 is 0 Å². The third-order valence-electron chi connectivity index (χ3n) is 12.7. The topological polar surface area (TPSA) is 17.9 Å². The van der Waals surface area contributed by atoms with E-state index < -0.39 is 0 Å². The minimum absolute atomic E-state index is 0.0339. The minimum Gasteiger partial charge on any atom is -0.378 e. The molecule has 1 aromatic heterocycles. The number of anilines is 10. The molecule has 3 heterocycles. The van der Waals surface area contributed by atoms with E-state index in [-0.39, 0.29) is 6.71 Å². The number of fused-ring (bicyclic) bond motifs is 7. The zero-order chi connectivity index (χ0) is 41.3. The fourth-order valence-corrected chi connectivity index (χ4v) is 10.1. The average Bonchev–Trinajstić information content (AvgIpc) is 3.66. The summed E-state index contributed by atoms with van der Waals surface area (Å²) < 4.78 is 2.47. The molecule has 10 aromatic rings. The number of nitrogens with zero attached hydrogens (tertiary/aromatic N) is 5. The Kier molecular flexibility index (Phi) is 8.32. The molecule has 0 atom stereocenters. The molecule has 2 aliphatic rings. The molecule has 62 heavy (non-hydrogen) atoms. The SMILES string of the molecule is CN(C)c1cc2c3c(c1)N(c1ccccc1)c1cc4c(cc1B3c1ccccc1N2c1ccccc1)c1c(N(c2ccccc2)c2ccccc2)cccc1n4-c1ccccc1. The highest BCUT2D eigenvalue weighted by molar-refractivity contribution is 7.00. The molecule has 0 saturated heterocycles. The van der Waals surface area contributed by atoms with Crippen molar-refractivity contribution in [3.8, 4) is 5.69 Å². The Labute approximate surface area is 362 Å². The monoisotopic (exact) mass is 795 g/mol. The van der Waals surface area contributed by atoms with Crippen LogP contribution in [-0.2, 0) is 0 Å². The highest BCUT2D eigenvalue weighted by atomic mass is 15.2. The first kappa shape index (κ1) is 35.9. The number of aromatic nitrogens is 1. The van der Waals surface area contributed by atoms with Crippen LogP contribution in [0.2, 0.25) is 0 Å². The van der Waals surface area contributed by atoms with Gasteiger partial charge in [0.1, 0.15) is 0 Å². The lowest BCUT2D eigenvalue weighted by atomic mass is 9.33. The van der Waals surface area contributed by atoms with E-state index in [1.165, 1.54) is 49.9 Å². The molecule has 12 rings (SSSR count). The molecule has 5 nitrogen and oxygen atoms in total. The maximum Gasteiger partial charge on any atom is 0.252 e. The Balaban J connectivity index is 1.24. The predicted octanol–water partition coefficient (Wildman–Crippen LogP) is 12.4. The summed E-state index contributed by atoms with van der Waals surface area (Å²) in [4.78, 5) is 9.64. The lowest BCUT2D eigenvalue weighted by molar-refractivity contribution is 1.12. The number of hydrogen-bond donors (Lipinski definition) is 0. The van der Waals surface area contributed by atoms with Crippen molar-refractivity contribution in [3.05, 3.63) is 218 Å². The molecule has 0 aliphatic carbocycles. The Bertz CT molecular complexity index is 3240. The van der Waals surface area contributed by atoms with E-state index >= 15 is 0 Å². The summed E-state index contributed by atoms with van der Waals surface area (Å²) in [7, 11) is 4.29. The molecular weight excluding hydrogens is 753 g/mol. The normalized spacial score (nSPS) is 12.6. The molecule has 2 aliphatic heterocycles. The van der Waals surface area contributed by atoms with Gasteiger partial charge in [-0.05, 0) is 113 Å². The number of hydrogen-bond acceptors (Lipinski definition) is 4. The van der Waals surface area contributed by atoms with Crippen LogP contribution in [0.3, 0.4) is 0 Å². The standard InChI is InChI=1S/C56H42BN5/c1-58(2)44-35-53-56-54(36-44)62(43-29-16-7-17-30-43)52-38-51-45(37-47(52)57(56)46-31-18-19-32-48(46)60(53)41-25-12-5-13-26-41)55-49(33-20-34-50(55)61(51)42-27-14-6-15-28-42)59(39-21-8-3-9-22-39)40-23-10-4-11-24-40/h3-38H,1-2H3. The van der Waals surface area contributed by atoms with Gasteiger partial charge in [0.05, 0.1) is 16.7 Å². The first-order valence-corrected chi connectivity index (χ1v) is 21.4. The maximum absolute atomic E-state index is 2.53. The van der Waals surface area contributed by atoms with E-state index in [0.717, 1.165) is 50.8 Å². The van der Waals surface area contributed by atoms with Crippen molar-refractivity contribution in [2.24, 2.45) is 0 Å². The fraction of sp³-hybridized carbons (Fsp3) is 0.0357. The number of para-hydroxylation sites is 6. The fourth-order valence-electron chi connectivity index (χ4n) is 10.1. The first-order chi connectivity index (χ1) is 30.6. The van der Waals surface area contributed by atoms with Gasteiger partial charge in [-0.1, -0.05) is 121 Å². The van der Waals surface area contributed by atoms with E-state index in [0.29, 0.717) is 0 Å². The van der Waals surface area contributed by atoms with Crippen LogP contribution in [-0.4, -0.2) is 25.4 Å². The smallest absolute Gasteiger partial charge is 0.252 e. The molecule has 0 spiro atoms. The van der Waals surface area contributed by atoms with Crippen molar-refractivity contribution >= 4 is 102 Å². The summed E-state index contributed by atoms with van der Waals surface area (Å²) >= 11 is 0. The van der Waals surface area contributed by atoms with Gasteiger partial charge < -0.3 is 24.2 Å². The van der Waals surface area contributed by atoms with Crippen molar-refractivity contribution in [3.63, 3.8) is 0 Å². The molecule has 6 heteroatoms. The summed E-state index contributed by atoms with van der Waals surface area (Å²) in [5.74, 6) is 0. The van der Waals surface area contributed by atoms with Gasteiger partial charge in [-0.2, -0.15) is 0 Å². The average molecular weight is 796 g/mol. The van der Waals surface area contributed by atoms with Crippen LogP contribution in [0, 0.1) is 0 Å². The second-order valence-electron chi connectivity index (χ2n) is 16.4. The zero-order valence-electron chi connectivity index (χ0n) is 34.6. The third-order valence-corrected chi connectivity index (χ3v) is 12.7. The van der Waals surface area contributed by atoms with Crippen LogP contribution < -0.4 is 36.0 Å². The number of benzene rings is 9. The molecule has 0 N–H and O–H groups in total. The Morgan fingerprint density at radius 1 is 0.387 bits per heavy atom. The highest BCUT2D eigenvalue weighted by Gasteiger charge is 2.44. The van der Waals surface area contributed by atoms with Crippen LogP contribution in [0.4, 0.5) is 56.9 Å². The van der Waals surface area contributed by atoms with Gasteiger partial charge in [0.25, 0.3) is 6.71 Å². The first-order valence-electron chi connectivity index (χ1n) is 21.4. The van der Waals surface area contributed by atoms with Gasteiger partial charge in [-0.25, -0.2) is 0 Å². The largest absolute Gasteiger partial charge is 0.378 e. The molecule has 0 amide bonds. The molecule has 0 bridgehead atoms. The van der Waals surface area contributed by atoms with E-state index in [4.69, 9.17) is 0 Å². The van der Waals surface area contributed by atoms with Gasteiger partial charge in [-0.15, -0.1) is 0 Å². The van der Waals surface area contributed by atoms with E-state index in [1.54, 1.807) is 0 Å². The zero-order valence-corrected chi connectivity index (χ0v) is 34.6. The number of rotatable bonds is 7. The summed E-state index contributed by atoms with van der Waals surface area (Å²) in [6, 6.07) is 79.7. The maximum atomic E-state index is 2.53. The molecule has 0 unspecified atom stereocenters. The third kappa shape index (κ3) is 5.50. The van der Waals surface area contributed by atoms with Gasteiger partial charge in [0, 0.05) is 81.7 Å². The highest BCUT2D eigenvalue weighted by Crippen LogP contribution is 2.49. The molecule has 0 saturated carbocycles. The van der Waals surface area contributed by atoms with Crippen molar-refractivity contribution in [1.29, 1.82) is 0 Å². The van der Waals surface area contributed by atoms with Gasteiger partial charge in [-0.3, -0.25) is 0 Å². The summed E-state index contributed by atoms with van der Waals surface area (Å²) in [5.41, 5.74) is 18.8. The summed E-state index contributed by atoms with van der Waals surface area (Å²) in [6.07, 6.45) is 0. The van der Waals surface area contributed by atoms with Crippen LogP contribution in [0.5, 0.6) is 0 Å². The molecule has 294 valence electrons. The Morgan fingerprint density at radius 3 is 1.48 bits per heavy atom. The Hall–Kier alpha value is -7.96. The van der Waals surface area contributed by atoms with Crippen LogP contribution in [0.25, 0.3) is 27.5 Å². The minimum atomic E-state index is -0.0339. The van der Waals surface area contributed by atoms with Crippen molar-refractivity contribution < 1.29 is 0 Å². The van der Waals surface area contributed by atoms with Crippen molar-refractivity contribution in [2.75, 3.05) is 33.7 Å². The molecule has 0 radical (unpaired) electrons. The lowest BCUT2D eigenvalue weighted by Crippen LogP contribution is -2.61. The Morgan fingerprint density at radius 2 is 0.903 bits per heavy atom.